The second-order valence-electron chi connectivity index (χ2n) is 9.23. The molecule has 0 spiro atoms. The van der Waals surface area contributed by atoms with E-state index < -0.39 is 5.97 Å². The largest absolute Gasteiger partial charge is 0.478 e. The highest BCUT2D eigenvalue weighted by molar-refractivity contribution is 6.05. The smallest absolute Gasteiger partial charge is 0.335 e. The number of ether oxygens (including phenoxy) is 1. The van der Waals surface area contributed by atoms with Gasteiger partial charge in [0.25, 0.3) is 0 Å². The number of hydrogen-bond acceptors (Lipinski definition) is 4. The Kier molecular flexibility index (Phi) is 5.65. The Morgan fingerprint density at radius 2 is 1.77 bits per heavy atom. The number of hydrogen-bond donors (Lipinski definition) is 3. The van der Waals surface area contributed by atoms with Crippen molar-refractivity contribution in [3.8, 4) is 16.8 Å². The molecule has 6 nitrogen and oxygen atoms in total. The van der Waals surface area contributed by atoms with Gasteiger partial charge in [-0.2, -0.15) is 0 Å². The number of nitrogens with two attached hydrogens (primary N) is 1. The molecule has 5 rings (SSSR count). The summed E-state index contributed by atoms with van der Waals surface area (Å²) < 4.78 is 21.7. The summed E-state index contributed by atoms with van der Waals surface area (Å²) in [5, 5.41) is 18.1. The Bertz CT molecular complexity index is 1430. The zero-order chi connectivity index (χ0) is 24.7. The molecule has 0 bridgehead atoms. The fraction of sp³-hybridized carbons (Fsp3) is 0.214. The fourth-order valence-electron chi connectivity index (χ4n) is 5.05. The van der Waals surface area contributed by atoms with Gasteiger partial charge in [0.1, 0.15) is 5.82 Å². The van der Waals surface area contributed by atoms with E-state index in [2.05, 4.69) is 11.5 Å². The van der Waals surface area contributed by atoms with E-state index in [4.69, 9.17) is 15.9 Å². The topological polar surface area (TPSA) is 101 Å². The van der Waals surface area contributed by atoms with Gasteiger partial charge in [0.2, 0.25) is 0 Å². The van der Waals surface area contributed by atoms with Crippen molar-refractivity contribution in [3.63, 3.8) is 0 Å². The van der Waals surface area contributed by atoms with Gasteiger partial charge in [0, 0.05) is 58.4 Å². The molecule has 1 saturated heterocycles. The van der Waals surface area contributed by atoms with Gasteiger partial charge in [-0.1, -0.05) is 19.1 Å². The van der Waals surface area contributed by atoms with E-state index in [-0.39, 0.29) is 16.8 Å². The van der Waals surface area contributed by atoms with Crippen LogP contribution in [0.25, 0.3) is 27.7 Å². The van der Waals surface area contributed by atoms with Gasteiger partial charge in [-0.05, 0) is 66.9 Å². The number of benzene rings is 3. The number of rotatable bonds is 5. The van der Waals surface area contributed by atoms with Crippen molar-refractivity contribution in [2.75, 3.05) is 18.9 Å². The third-order valence-corrected chi connectivity index (χ3v) is 7.00. The minimum atomic E-state index is -0.984. The van der Waals surface area contributed by atoms with Gasteiger partial charge in [0.15, 0.2) is 0 Å². The maximum Gasteiger partial charge on any atom is 0.335 e. The summed E-state index contributed by atoms with van der Waals surface area (Å²) in [4.78, 5) is 11.5. The third kappa shape index (κ3) is 3.88. The van der Waals surface area contributed by atoms with Gasteiger partial charge >= 0.3 is 5.97 Å². The molecule has 0 radical (unpaired) electrons. The molecule has 3 aromatic carbocycles. The van der Waals surface area contributed by atoms with Crippen molar-refractivity contribution in [1.29, 1.82) is 5.41 Å². The van der Waals surface area contributed by atoms with Gasteiger partial charge in [-0.15, -0.1) is 0 Å². The number of nitrogens with one attached hydrogen (secondary N) is 1. The number of nitrogen functional groups attached to an aromatic ring is 1. The van der Waals surface area contributed by atoms with Crippen LogP contribution in [0.15, 0.2) is 60.7 Å². The standard InChI is InChI=1S/C28H26FN3O3/c1-28(10-12-35-13-11-28)26-25(17-2-4-18(5-3-17)27(33)34)22-15-23(31)19(16-30)14-24(22)32(26)21-8-6-20(29)7-9-21/h2-9,14-16,30H,10-13,31H2,1H3,(H,33,34). The molecule has 0 unspecified atom stereocenters. The van der Waals surface area contributed by atoms with Crippen LogP contribution < -0.4 is 5.73 Å². The monoisotopic (exact) mass is 471 g/mol. The first kappa shape index (κ1) is 22.8. The number of fused-ring (bicyclic) bond motifs is 1. The second kappa shape index (κ2) is 8.67. The van der Waals surface area contributed by atoms with Crippen molar-refractivity contribution in [3.05, 3.63) is 83.3 Å². The lowest BCUT2D eigenvalue weighted by Gasteiger charge is -2.36. The van der Waals surface area contributed by atoms with Crippen LogP contribution in [-0.4, -0.2) is 35.1 Å². The average molecular weight is 472 g/mol. The maximum atomic E-state index is 13.9. The molecule has 1 aliphatic rings. The SMILES string of the molecule is CC1(c2c(-c3ccc(C(=O)O)cc3)c3cc(N)c(C=N)cc3n2-c2ccc(F)cc2)CCOCC1. The molecule has 1 fully saturated rings. The number of aromatic nitrogens is 1. The third-order valence-electron chi connectivity index (χ3n) is 7.00. The van der Waals surface area contributed by atoms with E-state index in [9.17, 15) is 14.3 Å². The molecule has 0 saturated carbocycles. The first-order valence-electron chi connectivity index (χ1n) is 11.5. The lowest BCUT2D eigenvalue weighted by Crippen LogP contribution is -2.33. The lowest BCUT2D eigenvalue weighted by atomic mass is 9.76. The van der Waals surface area contributed by atoms with Crippen LogP contribution in [0.2, 0.25) is 0 Å². The molecule has 4 N–H and O–H groups in total. The number of carbonyl (C=O) groups is 1. The molecule has 1 aromatic heterocycles. The van der Waals surface area contributed by atoms with E-state index in [1.54, 1.807) is 24.3 Å². The van der Waals surface area contributed by atoms with Crippen molar-refractivity contribution in [2.45, 2.75) is 25.2 Å². The summed E-state index contributed by atoms with van der Waals surface area (Å²) in [6.07, 6.45) is 2.81. The van der Waals surface area contributed by atoms with E-state index in [0.29, 0.717) is 24.5 Å². The molecule has 7 heteroatoms. The minimum Gasteiger partial charge on any atom is -0.478 e. The average Bonchev–Trinajstić information content (AvgIpc) is 3.19. The first-order chi connectivity index (χ1) is 16.8. The maximum absolute atomic E-state index is 13.9. The molecular formula is C28H26FN3O3. The highest BCUT2D eigenvalue weighted by Gasteiger charge is 2.37. The number of halogens is 1. The highest BCUT2D eigenvalue weighted by atomic mass is 19.1. The minimum absolute atomic E-state index is 0.209. The van der Waals surface area contributed by atoms with Crippen LogP contribution in [0.5, 0.6) is 0 Å². The van der Waals surface area contributed by atoms with Crippen LogP contribution in [-0.2, 0) is 10.2 Å². The quantitative estimate of drug-likeness (QED) is 0.254. The van der Waals surface area contributed by atoms with E-state index in [1.165, 1.54) is 18.3 Å². The van der Waals surface area contributed by atoms with Gasteiger partial charge in [-0.3, -0.25) is 0 Å². The summed E-state index contributed by atoms with van der Waals surface area (Å²) in [5.74, 6) is -1.31. The number of carboxylic acids is 1. The summed E-state index contributed by atoms with van der Waals surface area (Å²) in [6.45, 7) is 3.44. The Morgan fingerprint density at radius 3 is 2.37 bits per heavy atom. The van der Waals surface area contributed by atoms with Crippen LogP contribution >= 0.6 is 0 Å². The van der Waals surface area contributed by atoms with Crippen molar-refractivity contribution >= 4 is 28.8 Å². The Labute approximate surface area is 202 Å². The molecular weight excluding hydrogens is 445 g/mol. The van der Waals surface area contributed by atoms with Crippen LogP contribution in [0.3, 0.4) is 0 Å². The van der Waals surface area contributed by atoms with Crippen LogP contribution in [0.4, 0.5) is 10.1 Å². The second-order valence-corrected chi connectivity index (χ2v) is 9.23. The van der Waals surface area contributed by atoms with Crippen molar-refractivity contribution < 1.29 is 19.0 Å². The molecule has 2 heterocycles. The first-order valence-corrected chi connectivity index (χ1v) is 11.5. The predicted octanol–water partition coefficient (Wildman–Crippen LogP) is 5.78. The Balaban J connectivity index is 1.92. The molecule has 1 aliphatic heterocycles. The zero-order valence-corrected chi connectivity index (χ0v) is 19.3. The molecule has 0 aliphatic carbocycles. The normalized spacial score (nSPS) is 15.3. The van der Waals surface area contributed by atoms with Crippen molar-refractivity contribution in [2.24, 2.45) is 0 Å². The van der Waals surface area contributed by atoms with E-state index in [1.807, 2.05) is 24.3 Å². The number of nitrogens with zero attached hydrogens (tertiary/aromatic N) is 1. The lowest BCUT2D eigenvalue weighted by molar-refractivity contribution is 0.0548. The van der Waals surface area contributed by atoms with E-state index in [0.717, 1.165) is 46.3 Å². The summed E-state index contributed by atoms with van der Waals surface area (Å²) in [7, 11) is 0. The zero-order valence-electron chi connectivity index (χ0n) is 19.3. The van der Waals surface area contributed by atoms with Gasteiger partial charge in [-0.25, -0.2) is 9.18 Å². The number of anilines is 1. The van der Waals surface area contributed by atoms with E-state index >= 15 is 0 Å². The van der Waals surface area contributed by atoms with Gasteiger partial charge in [0.05, 0.1) is 11.1 Å². The Hall–Kier alpha value is -3.97. The fourth-order valence-corrected chi connectivity index (χ4v) is 5.05. The van der Waals surface area contributed by atoms with Gasteiger partial charge < -0.3 is 25.6 Å². The summed E-state index contributed by atoms with van der Waals surface area (Å²) >= 11 is 0. The Morgan fingerprint density at radius 1 is 1.11 bits per heavy atom. The molecule has 178 valence electrons. The number of aromatic carboxylic acids is 1. The molecule has 0 amide bonds. The highest BCUT2D eigenvalue weighted by Crippen LogP contribution is 2.47. The molecule has 0 atom stereocenters. The summed E-state index contributed by atoms with van der Waals surface area (Å²) in [5.41, 5.74) is 11.8. The van der Waals surface area contributed by atoms with Crippen LogP contribution in [0, 0.1) is 11.2 Å². The van der Waals surface area contributed by atoms with Crippen molar-refractivity contribution in [1.82, 2.24) is 4.57 Å². The predicted molar refractivity (Wildman–Crippen MR) is 135 cm³/mol. The summed E-state index contributed by atoms with van der Waals surface area (Å²) in [6, 6.07) is 17.0. The number of carboxylic acid groups (broad SMARTS) is 1. The van der Waals surface area contributed by atoms with Crippen LogP contribution in [0.1, 0.15) is 41.4 Å². The molecule has 35 heavy (non-hydrogen) atoms. The molecule has 4 aromatic rings.